The van der Waals surface area contributed by atoms with Crippen molar-refractivity contribution in [2.45, 2.75) is 11.8 Å². The lowest BCUT2D eigenvalue weighted by molar-refractivity contribution is -0.122. The topological polar surface area (TPSA) is 69.7 Å². The number of hydrogen-bond acceptors (Lipinski definition) is 4. The summed E-state index contributed by atoms with van der Waals surface area (Å²) in [5, 5.41) is 2.49. The summed E-state index contributed by atoms with van der Waals surface area (Å²) < 4.78 is 39.6. The Morgan fingerprint density at radius 1 is 1.30 bits per heavy atom. The van der Waals surface area contributed by atoms with Crippen molar-refractivity contribution >= 4 is 27.5 Å². The minimum absolute atomic E-state index is 0.0268. The molecule has 0 bridgehead atoms. The van der Waals surface area contributed by atoms with Gasteiger partial charge in [0.25, 0.3) is 0 Å². The van der Waals surface area contributed by atoms with Crippen molar-refractivity contribution in [2.24, 2.45) is 0 Å². The zero-order valence-electron chi connectivity index (χ0n) is 12.8. The fourth-order valence-electron chi connectivity index (χ4n) is 2.37. The van der Waals surface area contributed by atoms with E-state index in [1.54, 1.807) is 0 Å². The number of halogens is 2. The summed E-state index contributed by atoms with van der Waals surface area (Å²) in [7, 11) is -3.71. The molecular weight excluding hydrogens is 345 g/mol. The predicted octanol–water partition coefficient (Wildman–Crippen LogP) is 0.921. The van der Waals surface area contributed by atoms with Gasteiger partial charge in [-0.1, -0.05) is 11.6 Å². The van der Waals surface area contributed by atoms with Crippen LogP contribution in [0, 0.1) is 5.82 Å². The van der Waals surface area contributed by atoms with Crippen molar-refractivity contribution in [1.82, 2.24) is 14.5 Å². The van der Waals surface area contributed by atoms with Crippen LogP contribution in [0.2, 0.25) is 5.02 Å². The molecule has 1 aliphatic heterocycles. The molecule has 0 atom stereocenters. The largest absolute Gasteiger partial charge is 0.355 e. The van der Waals surface area contributed by atoms with E-state index in [9.17, 15) is 17.6 Å². The molecule has 1 aromatic rings. The van der Waals surface area contributed by atoms with Gasteiger partial charge in [-0.3, -0.25) is 9.69 Å². The molecule has 0 unspecified atom stereocenters. The van der Waals surface area contributed by atoms with Crippen molar-refractivity contribution in [2.75, 3.05) is 39.3 Å². The first-order chi connectivity index (χ1) is 10.8. The first-order valence-electron chi connectivity index (χ1n) is 7.29. The fraction of sp³-hybridized carbons (Fsp3) is 0.500. The van der Waals surface area contributed by atoms with Gasteiger partial charge in [0.15, 0.2) is 0 Å². The molecular formula is C14H19ClFN3O3S. The third-order valence-electron chi connectivity index (χ3n) is 3.60. The summed E-state index contributed by atoms with van der Waals surface area (Å²) in [4.78, 5) is 13.4. The van der Waals surface area contributed by atoms with Crippen LogP contribution in [0.15, 0.2) is 23.1 Å². The maximum atomic E-state index is 13.2. The molecule has 6 nitrogen and oxygen atoms in total. The van der Waals surface area contributed by atoms with Crippen LogP contribution < -0.4 is 5.32 Å². The smallest absolute Gasteiger partial charge is 0.243 e. The Hall–Kier alpha value is -1.22. The highest BCUT2D eigenvalue weighted by Crippen LogP contribution is 2.23. The van der Waals surface area contributed by atoms with E-state index in [4.69, 9.17) is 11.6 Å². The van der Waals surface area contributed by atoms with Crippen LogP contribution in [0.1, 0.15) is 6.92 Å². The second-order valence-corrected chi connectivity index (χ2v) is 7.55. The van der Waals surface area contributed by atoms with Crippen molar-refractivity contribution in [1.29, 1.82) is 0 Å². The van der Waals surface area contributed by atoms with Gasteiger partial charge in [-0.2, -0.15) is 4.31 Å². The summed E-state index contributed by atoms with van der Waals surface area (Å²) in [5.74, 6) is -0.730. The van der Waals surface area contributed by atoms with Crippen molar-refractivity contribution < 1.29 is 17.6 Å². The number of nitrogens with zero attached hydrogens (tertiary/aromatic N) is 2. The first-order valence-corrected chi connectivity index (χ1v) is 9.10. The molecule has 0 aliphatic carbocycles. The first kappa shape index (κ1) is 18.1. The molecule has 0 saturated carbocycles. The summed E-state index contributed by atoms with van der Waals surface area (Å²) in [6.45, 7) is 4.14. The second-order valence-electron chi connectivity index (χ2n) is 5.21. The fourth-order valence-corrected chi connectivity index (χ4v) is 4.06. The molecule has 1 fully saturated rings. The second kappa shape index (κ2) is 7.57. The van der Waals surface area contributed by atoms with Crippen LogP contribution in [-0.4, -0.2) is 62.8 Å². The molecule has 1 aromatic carbocycles. The molecule has 1 aliphatic rings. The quantitative estimate of drug-likeness (QED) is 0.844. The summed E-state index contributed by atoms with van der Waals surface area (Å²) >= 11 is 5.66. The SMILES string of the molecule is CCNC(=O)CN1CCN(S(=O)(=O)c2ccc(F)c(Cl)c2)CC1. The minimum atomic E-state index is -3.71. The number of amides is 1. The number of nitrogens with one attached hydrogen (secondary N) is 1. The van der Waals surface area contributed by atoms with Gasteiger partial charge in [-0.25, -0.2) is 12.8 Å². The number of benzene rings is 1. The van der Waals surface area contributed by atoms with Crippen LogP contribution in [-0.2, 0) is 14.8 Å². The van der Waals surface area contributed by atoms with Gasteiger partial charge in [0, 0.05) is 32.7 Å². The highest BCUT2D eigenvalue weighted by molar-refractivity contribution is 7.89. The highest BCUT2D eigenvalue weighted by atomic mass is 35.5. The predicted molar refractivity (Wildman–Crippen MR) is 85.3 cm³/mol. The van der Waals surface area contributed by atoms with Crippen LogP contribution in [0.3, 0.4) is 0 Å². The molecule has 1 amide bonds. The van der Waals surface area contributed by atoms with Crippen LogP contribution >= 0.6 is 11.6 Å². The van der Waals surface area contributed by atoms with Gasteiger partial charge in [0.05, 0.1) is 16.5 Å². The van der Waals surface area contributed by atoms with Crippen molar-refractivity contribution in [3.05, 3.63) is 29.0 Å². The van der Waals surface area contributed by atoms with E-state index in [1.165, 1.54) is 10.4 Å². The third kappa shape index (κ3) is 4.41. The number of piperazine rings is 1. The van der Waals surface area contributed by atoms with E-state index in [0.717, 1.165) is 12.1 Å². The van der Waals surface area contributed by atoms with E-state index in [-0.39, 0.29) is 35.5 Å². The highest BCUT2D eigenvalue weighted by Gasteiger charge is 2.29. The van der Waals surface area contributed by atoms with Crippen molar-refractivity contribution in [3.63, 3.8) is 0 Å². The van der Waals surface area contributed by atoms with Gasteiger partial charge >= 0.3 is 0 Å². The lowest BCUT2D eigenvalue weighted by atomic mass is 10.3. The van der Waals surface area contributed by atoms with Gasteiger partial charge < -0.3 is 5.32 Å². The molecule has 1 N–H and O–H groups in total. The number of rotatable bonds is 5. The maximum absolute atomic E-state index is 13.2. The molecule has 0 spiro atoms. The Morgan fingerprint density at radius 2 is 1.96 bits per heavy atom. The molecule has 9 heteroatoms. The molecule has 128 valence electrons. The zero-order chi connectivity index (χ0) is 17.0. The molecule has 0 aromatic heterocycles. The number of sulfonamides is 1. The minimum Gasteiger partial charge on any atom is -0.355 e. The van der Waals surface area contributed by atoms with E-state index < -0.39 is 15.8 Å². The van der Waals surface area contributed by atoms with Crippen LogP contribution in [0.25, 0.3) is 0 Å². The van der Waals surface area contributed by atoms with Crippen LogP contribution in [0.5, 0.6) is 0 Å². The maximum Gasteiger partial charge on any atom is 0.243 e. The molecule has 1 heterocycles. The Bertz CT molecular complexity index is 676. The summed E-state index contributed by atoms with van der Waals surface area (Å²) in [6, 6.07) is 3.37. The lowest BCUT2D eigenvalue weighted by Crippen LogP contribution is -2.51. The van der Waals surface area contributed by atoms with Crippen molar-refractivity contribution in [3.8, 4) is 0 Å². The van der Waals surface area contributed by atoms with E-state index in [1.807, 2.05) is 11.8 Å². The molecule has 0 radical (unpaired) electrons. The van der Waals surface area contributed by atoms with Gasteiger partial charge in [0.2, 0.25) is 15.9 Å². The average Bonchev–Trinajstić information content (AvgIpc) is 2.50. The van der Waals surface area contributed by atoms with Crippen LogP contribution in [0.4, 0.5) is 4.39 Å². The number of carbonyl (C=O) groups excluding carboxylic acids is 1. The molecule has 2 rings (SSSR count). The summed E-state index contributed by atoms with van der Waals surface area (Å²) in [6.07, 6.45) is 0. The van der Waals surface area contributed by atoms with Gasteiger partial charge in [0.1, 0.15) is 5.82 Å². The Morgan fingerprint density at radius 3 is 2.52 bits per heavy atom. The lowest BCUT2D eigenvalue weighted by Gasteiger charge is -2.33. The Kier molecular flexibility index (Phi) is 5.96. The number of carbonyl (C=O) groups is 1. The normalized spacial score (nSPS) is 17.2. The molecule has 23 heavy (non-hydrogen) atoms. The average molecular weight is 364 g/mol. The Balaban J connectivity index is 2.01. The summed E-state index contributed by atoms with van der Waals surface area (Å²) in [5.41, 5.74) is 0. The number of hydrogen-bond donors (Lipinski definition) is 1. The third-order valence-corrected chi connectivity index (χ3v) is 5.79. The van der Waals surface area contributed by atoms with E-state index in [2.05, 4.69) is 5.32 Å². The molecule has 1 saturated heterocycles. The monoisotopic (exact) mass is 363 g/mol. The zero-order valence-corrected chi connectivity index (χ0v) is 14.3. The standard InChI is InChI=1S/C14H19ClFN3O3S/c1-2-17-14(20)10-18-5-7-19(8-6-18)23(21,22)11-3-4-13(16)12(15)9-11/h3-4,9H,2,5-8,10H2,1H3,(H,17,20). The number of likely N-dealkylation sites (N-methyl/N-ethyl adjacent to an activating group) is 1. The van der Waals surface area contributed by atoms with E-state index in [0.29, 0.717) is 19.6 Å². The van der Waals surface area contributed by atoms with Gasteiger partial charge in [-0.05, 0) is 25.1 Å². The van der Waals surface area contributed by atoms with Gasteiger partial charge in [-0.15, -0.1) is 0 Å². The Labute approximate surface area is 140 Å². The van der Waals surface area contributed by atoms with E-state index >= 15 is 0 Å².